The van der Waals surface area contributed by atoms with E-state index in [0.717, 1.165) is 37.9 Å². The Morgan fingerprint density at radius 1 is 1.15 bits per heavy atom. The van der Waals surface area contributed by atoms with Gasteiger partial charge in [0.05, 0.1) is 0 Å². The van der Waals surface area contributed by atoms with Gasteiger partial charge in [0.2, 0.25) is 5.91 Å². The number of nitrogens with zero attached hydrogens (tertiary/aromatic N) is 1. The molecule has 1 aliphatic carbocycles. The summed E-state index contributed by atoms with van der Waals surface area (Å²) in [6, 6.07) is 0. The predicted octanol–water partition coefficient (Wildman–Crippen LogP) is 3.05. The van der Waals surface area contributed by atoms with E-state index in [1.165, 1.54) is 44.9 Å². The average Bonchev–Trinajstić information content (AvgIpc) is 2.49. The van der Waals surface area contributed by atoms with E-state index in [4.69, 9.17) is 0 Å². The van der Waals surface area contributed by atoms with Gasteiger partial charge in [-0.3, -0.25) is 4.79 Å². The van der Waals surface area contributed by atoms with E-state index in [-0.39, 0.29) is 0 Å². The number of hydrogen-bond donors (Lipinski definition) is 1. The van der Waals surface area contributed by atoms with Crippen molar-refractivity contribution < 1.29 is 4.79 Å². The summed E-state index contributed by atoms with van der Waals surface area (Å²) in [5.74, 6) is 2.55. The molecule has 3 heteroatoms. The highest BCUT2D eigenvalue weighted by Crippen LogP contribution is 2.32. The zero-order valence-electron chi connectivity index (χ0n) is 13.4. The minimum absolute atomic E-state index is 0.408. The van der Waals surface area contributed by atoms with Gasteiger partial charge in [0, 0.05) is 19.5 Å². The van der Waals surface area contributed by atoms with Crippen LogP contribution in [-0.2, 0) is 4.79 Å². The molecule has 0 bridgehead atoms. The number of carbonyl (C=O) groups is 1. The van der Waals surface area contributed by atoms with E-state index in [1.54, 1.807) is 0 Å². The van der Waals surface area contributed by atoms with Gasteiger partial charge in [-0.05, 0) is 44.2 Å². The molecule has 116 valence electrons. The van der Waals surface area contributed by atoms with Crippen LogP contribution in [0.15, 0.2) is 0 Å². The third kappa shape index (κ3) is 4.47. The average molecular weight is 280 g/mol. The summed E-state index contributed by atoms with van der Waals surface area (Å²) in [5.41, 5.74) is 0. The van der Waals surface area contributed by atoms with Crippen LogP contribution in [0.1, 0.15) is 58.3 Å². The zero-order valence-corrected chi connectivity index (χ0v) is 13.4. The van der Waals surface area contributed by atoms with Crippen LogP contribution in [0.3, 0.4) is 0 Å². The topological polar surface area (TPSA) is 32.3 Å². The fourth-order valence-electron chi connectivity index (χ4n) is 3.95. The van der Waals surface area contributed by atoms with Crippen LogP contribution in [0, 0.1) is 17.8 Å². The van der Waals surface area contributed by atoms with Crippen LogP contribution in [0.5, 0.6) is 0 Å². The van der Waals surface area contributed by atoms with Crippen molar-refractivity contribution in [2.24, 2.45) is 17.8 Å². The number of hydrogen-bond acceptors (Lipinski definition) is 2. The first-order valence-corrected chi connectivity index (χ1v) is 8.63. The van der Waals surface area contributed by atoms with Gasteiger partial charge in [0.25, 0.3) is 0 Å². The number of amides is 1. The zero-order chi connectivity index (χ0) is 14.4. The second kappa shape index (κ2) is 8.02. The maximum atomic E-state index is 12.4. The van der Waals surface area contributed by atoms with E-state index in [9.17, 15) is 4.79 Å². The summed E-state index contributed by atoms with van der Waals surface area (Å²) in [4.78, 5) is 14.5. The fourth-order valence-corrected chi connectivity index (χ4v) is 3.95. The lowest BCUT2D eigenvalue weighted by Crippen LogP contribution is -2.41. The smallest absolute Gasteiger partial charge is 0.222 e. The van der Waals surface area contributed by atoms with Crippen molar-refractivity contribution in [2.45, 2.75) is 58.3 Å². The summed E-state index contributed by atoms with van der Waals surface area (Å²) in [5, 5.41) is 3.25. The van der Waals surface area contributed by atoms with Crippen molar-refractivity contribution in [1.29, 1.82) is 0 Å². The summed E-state index contributed by atoms with van der Waals surface area (Å²) < 4.78 is 0. The van der Waals surface area contributed by atoms with Crippen molar-refractivity contribution in [2.75, 3.05) is 26.7 Å². The van der Waals surface area contributed by atoms with E-state index < -0.39 is 0 Å². The van der Waals surface area contributed by atoms with Crippen molar-refractivity contribution in [3.8, 4) is 0 Å². The Kier molecular flexibility index (Phi) is 6.34. The van der Waals surface area contributed by atoms with Crippen molar-refractivity contribution in [3.05, 3.63) is 0 Å². The third-order valence-electron chi connectivity index (χ3n) is 5.41. The van der Waals surface area contributed by atoms with Gasteiger partial charge >= 0.3 is 0 Å². The molecule has 2 fully saturated rings. The molecule has 1 heterocycles. The Bertz CT molecular complexity index is 291. The molecular weight excluding hydrogens is 248 g/mol. The molecule has 1 saturated heterocycles. The molecule has 0 spiro atoms. The molecule has 0 aromatic rings. The molecule has 0 radical (unpaired) electrons. The van der Waals surface area contributed by atoms with Gasteiger partial charge in [0.15, 0.2) is 0 Å². The third-order valence-corrected chi connectivity index (χ3v) is 5.41. The van der Waals surface area contributed by atoms with Crippen LogP contribution in [0.4, 0.5) is 0 Å². The highest BCUT2D eigenvalue weighted by atomic mass is 16.2. The molecule has 20 heavy (non-hydrogen) atoms. The first-order valence-electron chi connectivity index (χ1n) is 8.63. The number of nitrogens with one attached hydrogen (secondary N) is 1. The SMILES string of the molecule is CNCC1CCN(C(=O)CC(C)C2CCCCC2)CC1. The first-order chi connectivity index (χ1) is 9.70. The van der Waals surface area contributed by atoms with Crippen molar-refractivity contribution in [1.82, 2.24) is 10.2 Å². The van der Waals surface area contributed by atoms with Gasteiger partial charge < -0.3 is 10.2 Å². The van der Waals surface area contributed by atoms with Crippen LogP contribution in [-0.4, -0.2) is 37.5 Å². The molecule has 1 amide bonds. The fraction of sp³-hybridized carbons (Fsp3) is 0.941. The molecule has 3 nitrogen and oxygen atoms in total. The van der Waals surface area contributed by atoms with Gasteiger partial charge in [-0.15, -0.1) is 0 Å². The normalized spacial score (nSPS) is 23.8. The summed E-state index contributed by atoms with van der Waals surface area (Å²) >= 11 is 0. The number of likely N-dealkylation sites (tertiary alicyclic amines) is 1. The van der Waals surface area contributed by atoms with Gasteiger partial charge in [-0.25, -0.2) is 0 Å². The van der Waals surface area contributed by atoms with Crippen LogP contribution >= 0.6 is 0 Å². The van der Waals surface area contributed by atoms with Gasteiger partial charge in [0.1, 0.15) is 0 Å². The maximum Gasteiger partial charge on any atom is 0.222 e. The van der Waals surface area contributed by atoms with Gasteiger partial charge in [-0.2, -0.15) is 0 Å². The monoisotopic (exact) mass is 280 g/mol. The molecule has 1 atom stereocenters. The molecular formula is C17H32N2O. The molecule has 1 N–H and O–H groups in total. The highest BCUT2D eigenvalue weighted by Gasteiger charge is 2.26. The minimum Gasteiger partial charge on any atom is -0.343 e. The number of rotatable bonds is 5. The van der Waals surface area contributed by atoms with E-state index >= 15 is 0 Å². The summed E-state index contributed by atoms with van der Waals surface area (Å²) in [6.45, 7) is 5.34. The van der Waals surface area contributed by atoms with Crippen LogP contribution in [0.2, 0.25) is 0 Å². The lowest BCUT2D eigenvalue weighted by Gasteiger charge is -2.34. The van der Waals surface area contributed by atoms with Crippen LogP contribution < -0.4 is 5.32 Å². The summed E-state index contributed by atoms with van der Waals surface area (Å²) in [7, 11) is 2.02. The van der Waals surface area contributed by atoms with E-state index in [0.29, 0.717) is 11.8 Å². The molecule has 0 aromatic carbocycles. The Balaban J connectivity index is 1.71. The largest absolute Gasteiger partial charge is 0.343 e. The highest BCUT2D eigenvalue weighted by molar-refractivity contribution is 5.76. The maximum absolute atomic E-state index is 12.4. The molecule has 2 aliphatic rings. The quantitative estimate of drug-likeness (QED) is 0.839. The Morgan fingerprint density at radius 3 is 2.40 bits per heavy atom. The lowest BCUT2D eigenvalue weighted by atomic mass is 9.79. The second-order valence-electron chi connectivity index (χ2n) is 6.96. The Labute approximate surface area is 124 Å². The molecule has 1 aliphatic heterocycles. The second-order valence-corrected chi connectivity index (χ2v) is 6.96. The van der Waals surface area contributed by atoms with Gasteiger partial charge in [-0.1, -0.05) is 39.0 Å². The molecule has 1 unspecified atom stereocenters. The van der Waals surface area contributed by atoms with Crippen molar-refractivity contribution in [3.63, 3.8) is 0 Å². The summed E-state index contributed by atoms with van der Waals surface area (Å²) in [6.07, 6.45) is 9.96. The molecule has 0 aromatic heterocycles. The Morgan fingerprint density at radius 2 is 1.80 bits per heavy atom. The van der Waals surface area contributed by atoms with E-state index in [1.807, 2.05) is 7.05 Å². The minimum atomic E-state index is 0.408. The van der Waals surface area contributed by atoms with E-state index in [2.05, 4.69) is 17.1 Å². The lowest BCUT2D eigenvalue weighted by molar-refractivity contribution is -0.134. The molecule has 2 rings (SSSR count). The number of piperidine rings is 1. The molecule has 1 saturated carbocycles. The number of carbonyl (C=O) groups excluding carboxylic acids is 1. The predicted molar refractivity (Wildman–Crippen MR) is 83.6 cm³/mol. The van der Waals surface area contributed by atoms with Crippen molar-refractivity contribution >= 4 is 5.91 Å². The standard InChI is InChI=1S/C17H32N2O/c1-14(16-6-4-3-5-7-16)12-17(20)19-10-8-15(9-11-19)13-18-2/h14-16,18H,3-13H2,1-2H3. The Hall–Kier alpha value is -0.570. The first kappa shape index (κ1) is 15.8. The van der Waals surface area contributed by atoms with Crippen LogP contribution in [0.25, 0.3) is 0 Å².